The van der Waals surface area contributed by atoms with Gasteiger partial charge in [0.05, 0.1) is 11.2 Å². The van der Waals surface area contributed by atoms with Crippen molar-refractivity contribution in [1.29, 1.82) is 0 Å². The molecule has 88 valence electrons. The highest BCUT2D eigenvalue weighted by molar-refractivity contribution is 8.08. The van der Waals surface area contributed by atoms with Crippen molar-refractivity contribution in [3.8, 4) is 0 Å². The zero-order valence-corrected chi connectivity index (χ0v) is 10.4. The van der Waals surface area contributed by atoms with Gasteiger partial charge in [-0.1, -0.05) is 36.4 Å². The van der Waals surface area contributed by atoms with Gasteiger partial charge < -0.3 is 0 Å². The van der Waals surface area contributed by atoms with E-state index in [1.807, 2.05) is 24.3 Å². The molecule has 3 atom stereocenters. The molecule has 1 fully saturated rings. The molecule has 0 radical (unpaired) electrons. The molecule has 0 spiro atoms. The number of nitro groups is 1. The first kappa shape index (κ1) is 11.1. The van der Waals surface area contributed by atoms with Crippen molar-refractivity contribution in [1.82, 2.24) is 0 Å². The Labute approximate surface area is 108 Å². The normalized spacial score (nSPS) is 38.5. The van der Waals surface area contributed by atoms with Crippen LogP contribution >= 0.6 is 23.4 Å². The lowest BCUT2D eigenvalue weighted by atomic mass is 9.87. The molecule has 2 aliphatic rings. The molecule has 1 aliphatic heterocycles. The van der Waals surface area contributed by atoms with E-state index in [9.17, 15) is 10.1 Å². The third-order valence-corrected chi connectivity index (χ3v) is 5.38. The summed E-state index contributed by atoms with van der Waals surface area (Å²) in [6, 6.07) is 10.1. The number of benzene rings is 1. The maximum absolute atomic E-state index is 10.9. The van der Waals surface area contributed by atoms with Gasteiger partial charge in [-0.15, -0.1) is 11.8 Å². The van der Waals surface area contributed by atoms with Crippen LogP contribution in [0.3, 0.4) is 0 Å². The summed E-state index contributed by atoms with van der Waals surface area (Å²) < 4.78 is -0.0737. The molecule has 3 rings (SSSR count). The Balaban J connectivity index is 1.95. The molecular formula is C12H10ClNO2S. The second-order valence-electron chi connectivity index (χ2n) is 4.38. The monoisotopic (exact) mass is 267 g/mol. The van der Waals surface area contributed by atoms with Crippen LogP contribution in [0, 0.1) is 10.1 Å². The van der Waals surface area contributed by atoms with Gasteiger partial charge in [-0.05, 0) is 17.2 Å². The maximum atomic E-state index is 10.9. The quantitative estimate of drug-likeness (QED) is 0.206. The molecule has 1 aromatic carbocycles. The standard InChI is InChI=1S/C12H10ClNO2S/c13-11(14(15)16)6-7-12(10(8-11)17-12)9-4-2-1-3-5-9/h1-7,10H,8H2. The van der Waals surface area contributed by atoms with Crippen LogP contribution in [0.4, 0.5) is 0 Å². The van der Waals surface area contributed by atoms with Crippen LogP contribution < -0.4 is 0 Å². The van der Waals surface area contributed by atoms with Gasteiger partial charge in [0.25, 0.3) is 0 Å². The van der Waals surface area contributed by atoms with Crippen molar-refractivity contribution in [2.24, 2.45) is 0 Å². The Morgan fingerprint density at radius 1 is 1.35 bits per heavy atom. The van der Waals surface area contributed by atoms with E-state index in [1.165, 1.54) is 11.6 Å². The van der Waals surface area contributed by atoms with Crippen LogP contribution in [0.5, 0.6) is 0 Å². The Kier molecular flexibility index (Phi) is 2.28. The number of rotatable bonds is 2. The van der Waals surface area contributed by atoms with Gasteiger partial charge in [-0.3, -0.25) is 10.1 Å². The molecule has 0 aromatic heterocycles. The zero-order valence-electron chi connectivity index (χ0n) is 8.88. The summed E-state index contributed by atoms with van der Waals surface area (Å²) in [5.41, 5.74) is 1.20. The summed E-state index contributed by atoms with van der Waals surface area (Å²) in [4.78, 5) is 9.08. The van der Waals surface area contributed by atoms with E-state index < -0.39 is 9.92 Å². The first-order valence-corrected chi connectivity index (χ1v) is 6.60. The number of fused-ring (bicyclic) bond motifs is 1. The summed E-state index contributed by atoms with van der Waals surface area (Å²) in [6.45, 7) is 0. The summed E-state index contributed by atoms with van der Waals surface area (Å²) in [6.07, 6.45) is 3.83. The molecule has 1 heterocycles. The average molecular weight is 268 g/mol. The van der Waals surface area contributed by atoms with Gasteiger partial charge in [0.15, 0.2) is 0 Å². The highest BCUT2D eigenvalue weighted by Crippen LogP contribution is 2.67. The first-order chi connectivity index (χ1) is 8.07. The van der Waals surface area contributed by atoms with E-state index >= 15 is 0 Å². The Morgan fingerprint density at radius 3 is 2.65 bits per heavy atom. The SMILES string of the molecule is O=[N+]([O-])C1(Cl)C=CC2(c3ccccc3)SC2C1. The lowest BCUT2D eigenvalue weighted by Gasteiger charge is -2.21. The van der Waals surface area contributed by atoms with E-state index in [0.29, 0.717) is 6.42 Å². The summed E-state index contributed by atoms with van der Waals surface area (Å²) in [7, 11) is 0. The summed E-state index contributed by atoms with van der Waals surface area (Å²) >= 11 is 7.73. The molecule has 1 saturated heterocycles. The molecule has 1 aliphatic carbocycles. The average Bonchev–Trinajstić information content (AvgIpc) is 3.04. The summed E-state index contributed by atoms with van der Waals surface area (Å²) in [5, 5.41) is 11.1. The molecule has 1 aromatic rings. The van der Waals surface area contributed by atoms with Crippen LogP contribution in [-0.4, -0.2) is 15.2 Å². The molecule has 5 heteroatoms. The lowest BCUT2D eigenvalue weighted by molar-refractivity contribution is -0.529. The van der Waals surface area contributed by atoms with Crippen molar-refractivity contribution in [2.75, 3.05) is 0 Å². The number of hydrogen-bond donors (Lipinski definition) is 0. The van der Waals surface area contributed by atoms with E-state index in [4.69, 9.17) is 11.6 Å². The van der Waals surface area contributed by atoms with Crippen LogP contribution in [0.25, 0.3) is 0 Å². The molecule has 0 saturated carbocycles. The topological polar surface area (TPSA) is 43.1 Å². The van der Waals surface area contributed by atoms with Crippen LogP contribution in [0.2, 0.25) is 0 Å². The number of alkyl halides is 1. The minimum absolute atomic E-state index is 0.0737. The fourth-order valence-corrected chi connectivity index (χ4v) is 4.07. The molecule has 0 bridgehead atoms. The van der Waals surface area contributed by atoms with E-state index in [2.05, 4.69) is 12.1 Å². The molecule has 17 heavy (non-hydrogen) atoms. The Bertz CT molecular complexity index is 506. The van der Waals surface area contributed by atoms with Crippen LogP contribution in [-0.2, 0) is 4.75 Å². The van der Waals surface area contributed by atoms with Crippen LogP contribution in [0.1, 0.15) is 12.0 Å². The second-order valence-corrected chi connectivity index (χ2v) is 6.51. The molecule has 0 amide bonds. The van der Waals surface area contributed by atoms with Gasteiger partial charge in [-0.25, -0.2) is 0 Å². The fourth-order valence-electron chi connectivity index (χ4n) is 2.31. The predicted molar refractivity (Wildman–Crippen MR) is 68.8 cm³/mol. The predicted octanol–water partition coefficient (Wildman–Crippen LogP) is 3.17. The van der Waals surface area contributed by atoms with Crippen molar-refractivity contribution in [2.45, 2.75) is 21.4 Å². The van der Waals surface area contributed by atoms with Gasteiger partial charge in [0.2, 0.25) is 0 Å². The Morgan fingerprint density at radius 2 is 2.06 bits per heavy atom. The van der Waals surface area contributed by atoms with Crippen molar-refractivity contribution < 1.29 is 4.92 Å². The second kappa shape index (κ2) is 3.50. The number of thioether (sulfide) groups is 1. The minimum atomic E-state index is -1.41. The van der Waals surface area contributed by atoms with Crippen molar-refractivity contribution >= 4 is 23.4 Å². The van der Waals surface area contributed by atoms with Gasteiger partial charge in [0, 0.05) is 16.2 Å². The molecular weight excluding hydrogens is 258 g/mol. The van der Waals surface area contributed by atoms with E-state index in [1.54, 1.807) is 11.8 Å². The van der Waals surface area contributed by atoms with E-state index in [0.717, 1.165) is 0 Å². The smallest absolute Gasteiger partial charge is 0.262 e. The number of hydrogen-bond acceptors (Lipinski definition) is 3. The minimum Gasteiger partial charge on any atom is -0.262 e. The lowest BCUT2D eigenvalue weighted by Crippen LogP contribution is -2.35. The van der Waals surface area contributed by atoms with E-state index in [-0.39, 0.29) is 10.00 Å². The van der Waals surface area contributed by atoms with Crippen LogP contribution in [0.15, 0.2) is 42.5 Å². The molecule has 0 N–H and O–H groups in total. The third-order valence-electron chi connectivity index (χ3n) is 3.34. The first-order valence-electron chi connectivity index (χ1n) is 5.34. The van der Waals surface area contributed by atoms with Crippen molar-refractivity contribution in [3.05, 3.63) is 58.2 Å². The molecule has 3 nitrogen and oxygen atoms in total. The maximum Gasteiger partial charge on any atom is 0.314 e. The third kappa shape index (κ3) is 1.58. The number of nitrogens with zero attached hydrogens (tertiary/aromatic N) is 1. The van der Waals surface area contributed by atoms with Gasteiger partial charge in [0.1, 0.15) is 0 Å². The van der Waals surface area contributed by atoms with Gasteiger partial charge in [-0.2, -0.15) is 0 Å². The Hall–Kier alpha value is -1.00. The zero-order chi connectivity index (χ0) is 12.1. The van der Waals surface area contributed by atoms with Gasteiger partial charge >= 0.3 is 5.00 Å². The highest BCUT2D eigenvalue weighted by atomic mass is 35.5. The highest BCUT2D eigenvalue weighted by Gasteiger charge is 2.63. The van der Waals surface area contributed by atoms with Crippen molar-refractivity contribution in [3.63, 3.8) is 0 Å². The number of halogens is 1. The fraction of sp³-hybridized carbons (Fsp3) is 0.333. The summed E-state index contributed by atoms with van der Waals surface area (Å²) in [5.74, 6) is 0. The largest absolute Gasteiger partial charge is 0.314 e. The molecule has 3 unspecified atom stereocenters.